The number of aliphatic hydroxyl groups is 1. The van der Waals surface area contributed by atoms with Crippen molar-refractivity contribution in [3.8, 4) is 0 Å². The maximum atomic E-state index is 11.2. The first kappa shape index (κ1) is 15.2. The third-order valence-electron chi connectivity index (χ3n) is 2.75. The number of hydrogen-bond acceptors (Lipinski definition) is 2. The van der Waals surface area contributed by atoms with Gasteiger partial charge in [-0.3, -0.25) is 4.90 Å². The van der Waals surface area contributed by atoms with Crippen molar-refractivity contribution in [1.82, 2.24) is 4.90 Å². The Balaban J connectivity index is 4.62. The van der Waals surface area contributed by atoms with Crippen molar-refractivity contribution >= 4 is 6.09 Å². The monoisotopic (exact) mass is 231 g/mol. The fourth-order valence-corrected chi connectivity index (χ4v) is 1.90. The van der Waals surface area contributed by atoms with Crippen molar-refractivity contribution in [1.29, 1.82) is 0 Å². The van der Waals surface area contributed by atoms with Gasteiger partial charge in [0.05, 0.1) is 12.1 Å². The molecule has 2 N–H and O–H groups in total. The highest BCUT2D eigenvalue weighted by molar-refractivity contribution is 5.66. The molecule has 1 unspecified atom stereocenters. The fourth-order valence-electron chi connectivity index (χ4n) is 1.90. The summed E-state index contributed by atoms with van der Waals surface area (Å²) in [6.45, 7) is 9.33. The van der Waals surface area contributed by atoms with Gasteiger partial charge in [-0.1, -0.05) is 19.8 Å². The second-order valence-electron chi connectivity index (χ2n) is 5.27. The molecule has 4 nitrogen and oxygen atoms in total. The lowest BCUT2D eigenvalue weighted by Gasteiger charge is -2.40. The number of hydrogen-bond donors (Lipinski definition) is 2. The van der Waals surface area contributed by atoms with Crippen LogP contribution in [0.5, 0.6) is 0 Å². The molecule has 0 aliphatic heterocycles. The summed E-state index contributed by atoms with van der Waals surface area (Å²) in [5.41, 5.74) is -0.488. The summed E-state index contributed by atoms with van der Waals surface area (Å²) in [5, 5.41) is 19.1. The molecule has 0 aliphatic rings. The van der Waals surface area contributed by atoms with Gasteiger partial charge in [0.2, 0.25) is 0 Å². The van der Waals surface area contributed by atoms with Crippen LogP contribution >= 0.6 is 0 Å². The van der Waals surface area contributed by atoms with E-state index in [9.17, 15) is 9.90 Å². The molecular formula is C12H25NO3. The van der Waals surface area contributed by atoms with Gasteiger partial charge in [0.15, 0.2) is 0 Å². The van der Waals surface area contributed by atoms with Crippen LogP contribution in [0, 0.1) is 0 Å². The molecule has 0 radical (unpaired) electrons. The van der Waals surface area contributed by atoms with Crippen LogP contribution in [-0.2, 0) is 0 Å². The van der Waals surface area contributed by atoms with E-state index in [2.05, 4.69) is 6.92 Å². The Bertz CT molecular complexity index is 223. The van der Waals surface area contributed by atoms with Crippen molar-refractivity contribution in [2.45, 2.75) is 71.6 Å². The van der Waals surface area contributed by atoms with Gasteiger partial charge in [0, 0.05) is 5.54 Å². The topological polar surface area (TPSA) is 60.8 Å². The summed E-state index contributed by atoms with van der Waals surface area (Å²) in [5.74, 6) is 0. The van der Waals surface area contributed by atoms with Gasteiger partial charge in [0.25, 0.3) is 0 Å². The predicted molar refractivity (Wildman–Crippen MR) is 64.6 cm³/mol. The van der Waals surface area contributed by atoms with Crippen LogP contribution < -0.4 is 0 Å². The van der Waals surface area contributed by atoms with E-state index in [0.717, 1.165) is 12.8 Å². The molecule has 16 heavy (non-hydrogen) atoms. The SMILES string of the molecule is CCCCC(O)[C@H](C)N(C(=O)O)C(C)(C)C. The van der Waals surface area contributed by atoms with E-state index in [1.54, 1.807) is 6.92 Å². The van der Waals surface area contributed by atoms with Gasteiger partial charge >= 0.3 is 6.09 Å². The fraction of sp³-hybridized carbons (Fsp3) is 0.917. The van der Waals surface area contributed by atoms with E-state index in [1.165, 1.54) is 4.90 Å². The summed E-state index contributed by atoms with van der Waals surface area (Å²) in [4.78, 5) is 12.5. The maximum absolute atomic E-state index is 11.2. The molecule has 0 spiro atoms. The molecule has 0 rings (SSSR count). The van der Waals surface area contributed by atoms with Gasteiger partial charge < -0.3 is 10.2 Å². The normalized spacial score (nSPS) is 15.6. The molecular weight excluding hydrogens is 206 g/mol. The predicted octanol–water partition coefficient (Wildman–Crippen LogP) is 2.70. The van der Waals surface area contributed by atoms with E-state index >= 15 is 0 Å². The Labute approximate surface area is 98.3 Å². The average Bonchev–Trinajstić information content (AvgIpc) is 2.10. The molecule has 0 aromatic heterocycles. The minimum absolute atomic E-state index is 0.371. The maximum Gasteiger partial charge on any atom is 0.408 e. The molecule has 0 aliphatic carbocycles. The van der Waals surface area contributed by atoms with Crippen molar-refractivity contribution < 1.29 is 15.0 Å². The first-order chi connectivity index (χ1) is 7.21. The summed E-state index contributed by atoms with van der Waals surface area (Å²) in [7, 11) is 0. The quantitative estimate of drug-likeness (QED) is 0.764. The van der Waals surface area contributed by atoms with Crippen LogP contribution in [0.1, 0.15) is 53.9 Å². The van der Waals surface area contributed by atoms with E-state index in [0.29, 0.717) is 6.42 Å². The molecule has 0 saturated heterocycles. The number of rotatable bonds is 5. The first-order valence-electron chi connectivity index (χ1n) is 5.92. The molecule has 0 bridgehead atoms. The third-order valence-corrected chi connectivity index (χ3v) is 2.75. The van der Waals surface area contributed by atoms with Gasteiger partial charge in [0.1, 0.15) is 0 Å². The lowest BCUT2D eigenvalue weighted by atomic mass is 9.99. The molecule has 0 saturated carbocycles. The average molecular weight is 231 g/mol. The Hall–Kier alpha value is -0.770. The van der Waals surface area contributed by atoms with Gasteiger partial charge in [-0.2, -0.15) is 0 Å². The molecule has 1 amide bonds. The molecule has 0 aromatic rings. The van der Waals surface area contributed by atoms with Crippen LogP contribution in [0.25, 0.3) is 0 Å². The van der Waals surface area contributed by atoms with E-state index in [-0.39, 0.29) is 6.04 Å². The Morgan fingerprint density at radius 3 is 2.19 bits per heavy atom. The number of nitrogens with zero attached hydrogens (tertiary/aromatic N) is 1. The first-order valence-corrected chi connectivity index (χ1v) is 5.92. The van der Waals surface area contributed by atoms with Gasteiger partial charge in [-0.25, -0.2) is 4.79 Å². The smallest absolute Gasteiger partial charge is 0.408 e. The summed E-state index contributed by atoms with van der Waals surface area (Å²) >= 11 is 0. The molecule has 2 atom stereocenters. The van der Waals surface area contributed by atoms with Crippen molar-refractivity contribution in [3.05, 3.63) is 0 Å². The van der Waals surface area contributed by atoms with E-state index < -0.39 is 17.7 Å². The Morgan fingerprint density at radius 2 is 1.88 bits per heavy atom. The minimum atomic E-state index is -0.976. The van der Waals surface area contributed by atoms with Crippen LogP contribution in [0.4, 0.5) is 4.79 Å². The van der Waals surface area contributed by atoms with E-state index in [1.807, 2.05) is 20.8 Å². The van der Waals surface area contributed by atoms with Crippen LogP contribution in [0.2, 0.25) is 0 Å². The van der Waals surface area contributed by atoms with Crippen LogP contribution in [0.15, 0.2) is 0 Å². The lowest BCUT2D eigenvalue weighted by Crippen LogP contribution is -2.54. The summed E-state index contributed by atoms with van der Waals surface area (Å²) < 4.78 is 0. The number of unbranched alkanes of at least 4 members (excludes halogenated alkanes) is 1. The van der Waals surface area contributed by atoms with E-state index in [4.69, 9.17) is 5.11 Å². The van der Waals surface area contributed by atoms with Crippen molar-refractivity contribution in [2.24, 2.45) is 0 Å². The highest BCUT2D eigenvalue weighted by atomic mass is 16.4. The number of carboxylic acid groups (broad SMARTS) is 1. The number of aliphatic hydroxyl groups excluding tert-OH is 1. The molecule has 0 fully saturated rings. The van der Waals surface area contributed by atoms with Crippen molar-refractivity contribution in [3.63, 3.8) is 0 Å². The summed E-state index contributed by atoms with van der Waals surface area (Å²) in [6, 6.07) is -0.371. The Morgan fingerprint density at radius 1 is 1.38 bits per heavy atom. The highest BCUT2D eigenvalue weighted by Crippen LogP contribution is 2.21. The zero-order chi connectivity index (χ0) is 12.9. The lowest BCUT2D eigenvalue weighted by molar-refractivity contribution is 0.0110. The van der Waals surface area contributed by atoms with Crippen molar-refractivity contribution in [2.75, 3.05) is 0 Å². The second-order valence-corrected chi connectivity index (χ2v) is 5.27. The molecule has 4 heteroatoms. The molecule has 0 heterocycles. The van der Waals surface area contributed by atoms with Crippen LogP contribution in [-0.4, -0.2) is 38.9 Å². The zero-order valence-corrected chi connectivity index (χ0v) is 11.0. The third kappa shape index (κ3) is 4.39. The van der Waals surface area contributed by atoms with Gasteiger partial charge in [-0.05, 0) is 34.1 Å². The summed E-state index contributed by atoms with van der Waals surface area (Å²) in [6.07, 6.45) is 1.01. The standard InChI is InChI=1S/C12H25NO3/c1-6-7-8-10(14)9(2)13(11(15)16)12(3,4)5/h9-10,14H,6-8H2,1-5H3,(H,15,16)/t9-,10?/m0/s1. The second kappa shape index (κ2) is 6.09. The van der Waals surface area contributed by atoms with Gasteiger partial charge in [-0.15, -0.1) is 0 Å². The van der Waals surface area contributed by atoms with Crippen LogP contribution in [0.3, 0.4) is 0 Å². The number of carbonyl (C=O) groups is 1. The Kier molecular flexibility index (Phi) is 5.79. The number of amides is 1. The zero-order valence-electron chi connectivity index (χ0n) is 11.0. The molecule has 96 valence electrons. The molecule has 0 aromatic carbocycles. The minimum Gasteiger partial charge on any atom is -0.465 e. The largest absolute Gasteiger partial charge is 0.465 e. The highest BCUT2D eigenvalue weighted by Gasteiger charge is 2.33.